The van der Waals surface area contributed by atoms with Gasteiger partial charge in [0.15, 0.2) is 5.79 Å². The standard InChI is InChI=1S/C38H52O5Si/c1-37(2,3)44(35-20-11-7-12-21-35,36-22-13-8-14-23-36)43-33(24-25-39-28-30-16-9-6-10-17-30)26-31-18-15-19-32(41-31)27-34-29-40-38(4,5)42-34/h6-14,16-17,20-23,31-34H,15,18-19,24-29H2,1-5H3/t31-,32+,33-,34+/m0/s1. The van der Waals surface area contributed by atoms with E-state index in [9.17, 15) is 0 Å². The molecular weight excluding hydrogens is 564 g/mol. The quantitative estimate of drug-likeness (QED) is 0.148. The summed E-state index contributed by atoms with van der Waals surface area (Å²) in [6, 6.07) is 32.3. The third-order valence-corrected chi connectivity index (χ3v) is 14.1. The first-order chi connectivity index (χ1) is 21.1. The molecule has 2 saturated heterocycles. The van der Waals surface area contributed by atoms with E-state index in [0.717, 1.165) is 38.5 Å². The van der Waals surface area contributed by atoms with Gasteiger partial charge in [-0.15, -0.1) is 0 Å². The second-order valence-corrected chi connectivity index (χ2v) is 18.2. The Morgan fingerprint density at radius 2 is 1.41 bits per heavy atom. The molecule has 0 radical (unpaired) electrons. The second-order valence-electron chi connectivity index (χ2n) is 14.0. The van der Waals surface area contributed by atoms with Crippen LogP contribution in [-0.4, -0.2) is 51.7 Å². The summed E-state index contributed by atoms with van der Waals surface area (Å²) in [6.45, 7) is 12.9. The van der Waals surface area contributed by atoms with Gasteiger partial charge >= 0.3 is 0 Å². The van der Waals surface area contributed by atoms with E-state index in [4.69, 9.17) is 23.4 Å². The Labute approximate surface area is 266 Å². The van der Waals surface area contributed by atoms with E-state index >= 15 is 0 Å². The van der Waals surface area contributed by atoms with Crippen molar-refractivity contribution in [1.82, 2.24) is 0 Å². The first kappa shape index (κ1) is 33.1. The summed E-state index contributed by atoms with van der Waals surface area (Å²) in [4.78, 5) is 0. The van der Waals surface area contributed by atoms with Crippen LogP contribution in [0.4, 0.5) is 0 Å². The molecule has 0 unspecified atom stereocenters. The average Bonchev–Trinajstić information content (AvgIpc) is 3.36. The molecule has 0 saturated carbocycles. The highest BCUT2D eigenvalue weighted by atomic mass is 28.4. The maximum absolute atomic E-state index is 7.66. The van der Waals surface area contributed by atoms with E-state index < -0.39 is 14.1 Å². The average molecular weight is 617 g/mol. The molecule has 2 aliphatic rings. The maximum Gasteiger partial charge on any atom is 0.261 e. The van der Waals surface area contributed by atoms with Crippen molar-refractivity contribution in [2.75, 3.05) is 13.2 Å². The van der Waals surface area contributed by atoms with Crippen LogP contribution in [0.2, 0.25) is 5.04 Å². The molecule has 0 amide bonds. The molecule has 4 atom stereocenters. The minimum Gasteiger partial charge on any atom is -0.404 e. The Hall–Kier alpha value is -2.32. The lowest BCUT2D eigenvalue weighted by Crippen LogP contribution is -2.68. The fourth-order valence-electron chi connectivity index (χ4n) is 6.94. The van der Waals surface area contributed by atoms with Crippen LogP contribution in [-0.2, 0) is 30.0 Å². The van der Waals surface area contributed by atoms with Crippen LogP contribution in [0.15, 0.2) is 91.0 Å². The Bertz CT molecular complexity index is 1220. The summed E-state index contributed by atoms with van der Waals surface area (Å²) in [5, 5.41) is 2.51. The lowest BCUT2D eigenvalue weighted by Gasteiger charge is -2.46. The second kappa shape index (κ2) is 14.8. The number of ether oxygens (including phenoxy) is 4. The van der Waals surface area contributed by atoms with Gasteiger partial charge < -0.3 is 23.4 Å². The van der Waals surface area contributed by atoms with Gasteiger partial charge in [-0.2, -0.15) is 0 Å². The molecule has 5 rings (SSSR count). The van der Waals surface area contributed by atoms with Crippen LogP contribution in [0.5, 0.6) is 0 Å². The zero-order valence-electron chi connectivity index (χ0n) is 27.4. The van der Waals surface area contributed by atoms with Crippen LogP contribution in [0.1, 0.15) is 78.7 Å². The zero-order chi connectivity index (χ0) is 31.0. The topological polar surface area (TPSA) is 46.2 Å². The first-order valence-corrected chi connectivity index (χ1v) is 18.4. The maximum atomic E-state index is 7.66. The molecular formula is C38H52O5Si. The molecule has 0 spiro atoms. The molecule has 2 fully saturated rings. The van der Waals surface area contributed by atoms with Crippen LogP contribution in [0, 0.1) is 0 Å². The van der Waals surface area contributed by atoms with Crippen molar-refractivity contribution in [3.8, 4) is 0 Å². The van der Waals surface area contributed by atoms with E-state index in [1.165, 1.54) is 15.9 Å². The highest BCUT2D eigenvalue weighted by molar-refractivity contribution is 6.99. The van der Waals surface area contributed by atoms with Gasteiger partial charge in [0.05, 0.1) is 37.6 Å². The highest BCUT2D eigenvalue weighted by Gasteiger charge is 2.51. The van der Waals surface area contributed by atoms with Gasteiger partial charge in [-0.05, 0) is 66.9 Å². The first-order valence-electron chi connectivity index (χ1n) is 16.5. The minimum atomic E-state index is -2.73. The molecule has 238 valence electrons. The van der Waals surface area contributed by atoms with Crippen LogP contribution in [0.25, 0.3) is 0 Å². The van der Waals surface area contributed by atoms with E-state index in [-0.39, 0.29) is 29.5 Å². The van der Waals surface area contributed by atoms with Crippen LogP contribution in [0.3, 0.4) is 0 Å². The van der Waals surface area contributed by atoms with Crippen molar-refractivity contribution >= 4 is 18.7 Å². The van der Waals surface area contributed by atoms with Gasteiger partial charge in [0.2, 0.25) is 0 Å². The summed E-state index contributed by atoms with van der Waals surface area (Å²) in [5.41, 5.74) is 1.19. The summed E-state index contributed by atoms with van der Waals surface area (Å²) in [7, 11) is -2.73. The van der Waals surface area contributed by atoms with Crippen molar-refractivity contribution in [3.63, 3.8) is 0 Å². The molecule has 44 heavy (non-hydrogen) atoms. The van der Waals surface area contributed by atoms with E-state index in [1.54, 1.807) is 0 Å². The Balaban J connectivity index is 1.37. The fraction of sp³-hybridized carbons (Fsp3) is 0.526. The normalized spacial score (nSPS) is 23.0. The van der Waals surface area contributed by atoms with Gasteiger partial charge in [0.1, 0.15) is 0 Å². The Morgan fingerprint density at radius 1 is 0.818 bits per heavy atom. The predicted molar refractivity (Wildman–Crippen MR) is 180 cm³/mol. The number of rotatable bonds is 13. The van der Waals surface area contributed by atoms with Crippen LogP contribution < -0.4 is 10.4 Å². The van der Waals surface area contributed by atoms with Crippen molar-refractivity contribution in [1.29, 1.82) is 0 Å². The third-order valence-electron chi connectivity index (χ3n) is 9.01. The van der Waals surface area contributed by atoms with Gasteiger partial charge in [-0.1, -0.05) is 112 Å². The smallest absolute Gasteiger partial charge is 0.261 e. The van der Waals surface area contributed by atoms with Gasteiger partial charge in [0, 0.05) is 13.0 Å². The summed E-state index contributed by atoms with van der Waals surface area (Å²) in [6.07, 6.45) is 6.21. The SMILES string of the molecule is CC1(C)OC[C@@H](C[C@H]2CCC[C@@H](C[C@H](CCOCc3ccccc3)O[Si](c3ccccc3)(c3ccccc3)C(C)(C)C)O2)O1. The van der Waals surface area contributed by atoms with Gasteiger partial charge in [-0.3, -0.25) is 0 Å². The van der Waals surface area contributed by atoms with Gasteiger partial charge in [-0.25, -0.2) is 0 Å². The summed E-state index contributed by atoms with van der Waals surface area (Å²) >= 11 is 0. The largest absolute Gasteiger partial charge is 0.404 e. The number of hydrogen-bond acceptors (Lipinski definition) is 5. The molecule has 0 bridgehead atoms. The molecule has 2 heterocycles. The summed E-state index contributed by atoms with van der Waals surface area (Å²) in [5.74, 6) is -0.507. The molecule has 0 aromatic heterocycles. The van der Waals surface area contributed by atoms with E-state index in [1.807, 2.05) is 19.9 Å². The Morgan fingerprint density at radius 3 is 1.98 bits per heavy atom. The van der Waals surface area contributed by atoms with Gasteiger partial charge in [0.25, 0.3) is 8.32 Å². The molecule has 2 aliphatic heterocycles. The minimum absolute atomic E-state index is 0.00850. The van der Waals surface area contributed by atoms with E-state index in [0.29, 0.717) is 19.8 Å². The molecule has 6 heteroatoms. The van der Waals surface area contributed by atoms with Crippen molar-refractivity contribution in [2.24, 2.45) is 0 Å². The highest BCUT2D eigenvalue weighted by Crippen LogP contribution is 2.39. The number of benzene rings is 3. The fourth-order valence-corrected chi connectivity index (χ4v) is 11.7. The monoisotopic (exact) mass is 616 g/mol. The van der Waals surface area contributed by atoms with Crippen LogP contribution >= 0.6 is 0 Å². The zero-order valence-corrected chi connectivity index (χ0v) is 28.4. The van der Waals surface area contributed by atoms with Crippen molar-refractivity contribution < 1.29 is 23.4 Å². The third kappa shape index (κ3) is 8.48. The molecule has 0 N–H and O–H groups in total. The summed E-state index contributed by atoms with van der Waals surface area (Å²) < 4.78 is 32.7. The molecule has 3 aromatic rings. The molecule has 3 aromatic carbocycles. The predicted octanol–water partition coefficient (Wildman–Crippen LogP) is 7.41. The lowest BCUT2D eigenvalue weighted by atomic mass is 9.96. The molecule has 0 aliphatic carbocycles. The molecule has 5 nitrogen and oxygen atoms in total. The Kier molecular flexibility index (Phi) is 11.2. The van der Waals surface area contributed by atoms with E-state index in [2.05, 4.69) is 106 Å². The number of hydrogen-bond donors (Lipinski definition) is 0. The lowest BCUT2D eigenvalue weighted by molar-refractivity contribution is -0.147. The van der Waals surface area contributed by atoms with Crippen molar-refractivity contribution in [3.05, 3.63) is 96.6 Å². The van der Waals surface area contributed by atoms with Crippen molar-refractivity contribution in [2.45, 2.75) is 115 Å².